The molecule has 0 amide bonds. The smallest absolute Gasteiger partial charge is 0.0998 e. The van der Waals surface area contributed by atoms with Gasteiger partial charge in [-0.15, -0.1) is 0 Å². The average molecular weight is 640 g/mol. The first-order valence-corrected chi connectivity index (χ1v) is 16.8. The number of nitriles is 3. The molecular weight excluding hydrogens is 611 g/mol. The number of anilines is 2. The molecule has 50 heavy (non-hydrogen) atoms. The summed E-state index contributed by atoms with van der Waals surface area (Å²) >= 11 is 0. The summed E-state index contributed by atoms with van der Waals surface area (Å²) in [5.74, 6) is 0.300. The second-order valence-corrected chi connectivity index (χ2v) is 13.0. The van der Waals surface area contributed by atoms with Crippen molar-refractivity contribution in [2.24, 2.45) is 0 Å². The molecule has 0 bridgehead atoms. The molecule has 1 aromatic heterocycles. The minimum absolute atomic E-state index is 0.265. The third-order valence-electron chi connectivity index (χ3n) is 10.3. The maximum Gasteiger partial charge on any atom is 0.0998 e. The lowest BCUT2D eigenvalue weighted by atomic mass is 9.87. The van der Waals surface area contributed by atoms with Crippen molar-refractivity contribution < 1.29 is 0 Å². The van der Waals surface area contributed by atoms with E-state index in [1.54, 1.807) is 0 Å². The minimum Gasteiger partial charge on any atom is -0.337 e. The summed E-state index contributed by atoms with van der Waals surface area (Å²) in [5, 5.41) is 32.7. The average Bonchev–Trinajstić information content (AvgIpc) is 3.70. The highest BCUT2D eigenvalue weighted by Gasteiger charge is 2.38. The topological polar surface area (TPSA) is 79.5 Å². The third-order valence-corrected chi connectivity index (χ3v) is 10.3. The van der Waals surface area contributed by atoms with Gasteiger partial charge in [-0.05, 0) is 90.2 Å². The number of hydrogen-bond acceptors (Lipinski definition) is 4. The molecule has 7 aromatic rings. The van der Waals surface area contributed by atoms with Gasteiger partial charge < -0.3 is 9.47 Å². The number of aromatic nitrogens is 1. The lowest BCUT2D eigenvalue weighted by Gasteiger charge is -2.32. The fraction of sp³-hybridized carbons (Fsp3) is 0.0889. The molecule has 2 unspecified atom stereocenters. The van der Waals surface area contributed by atoms with Gasteiger partial charge in [-0.3, -0.25) is 0 Å². The zero-order valence-corrected chi connectivity index (χ0v) is 27.1. The van der Waals surface area contributed by atoms with Gasteiger partial charge >= 0.3 is 0 Å². The zero-order valence-electron chi connectivity index (χ0n) is 27.1. The molecule has 6 aromatic carbocycles. The zero-order chi connectivity index (χ0) is 33.8. The lowest BCUT2D eigenvalue weighted by Crippen LogP contribution is -2.30. The number of fused-ring (bicyclic) bond motifs is 6. The first-order valence-electron chi connectivity index (χ1n) is 16.8. The van der Waals surface area contributed by atoms with Gasteiger partial charge in [0.1, 0.15) is 0 Å². The Balaban J connectivity index is 1.28. The molecule has 2 aliphatic rings. The molecule has 1 aliphatic carbocycles. The Kier molecular flexibility index (Phi) is 6.84. The third kappa shape index (κ3) is 4.44. The second kappa shape index (κ2) is 11.7. The SMILES string of the molecule is N#Cc1cc(-c2cccc(C#N)c2-c2ccccc2-n2c3ccccc3c3cc(C#N)ccc32)cc(N2c3ccccc3C3C=CCCC32)c1. The summed E-state index contributed by atoms with van der Waals surface area (Å²) in [6.07, 6.45) is 6.67. The van der Waals surface area contributed by atoms with E-state index in [9.17, 15) is 15.8 Å². The first kappa shape index (κ1) is 29.3. The van der Waals surface area contributed by atoms with Gasteiger partial charge in [0, 0.05) is 45.2 Å². The van der Waals surface area contributed by atoms with Gasteiger partial charge in [-0.1, -0.05) is 78.9 Å². The summed E-state index contributed by atoms with van der Waals surface area (Å²) in [4.78, 5) is 2.42. The molecule has 5 heteroatoms. The molecule has 9 rings (SSSR count). The first-order chi connectivity index (χ1) is 24.7. The standard InChI is InChI=1S/C45H29N5/c46-26-29-20-21-44-39(24-29)37-13-3-7-18-42(37)50(44)43-19-8-4-14-38(43)45-31(28-48)10-9-15-34(45)32-22-30(27-47)23-33(25-32)49-40-16-5-1-11-35(40)36-12-2-6-17-41(36)49/h1-5,7-16,18-25,36,41H,6,17H2. The van der Waals surface area contributed by atoms with Gasteiger partial charge in [-0.2, -0.15) is 15.8 Å². The predicted molar refractivity (Wildman–Crippen MR) is 199 cm³/mol. The molecular formula is C45H29N5. The summed E-state index contributed by atoms with van der Waals surface area (Å²) in [6.45, 7) is 0. The Morgan fingerprint density at radius 3 is 2.22 bits per heavy atom. The van der Waals surface area contributed by atoms with Crippen molar-refractivity contribution >= 4 is 33.2 Å². The Morgan fingerprint density at radius 1 is 0.600 bits per heavy atom. The lowest BCUT2D eigenvalue weighted by molar-refractivity contribution is 0.565. The molecule has 1 aliphatic heterocycles. The van der Waals surface area contributed by atoms with Crippen molar-refractivity contribution in [2.75, 3.05) is 4.90 Å². The fourth-order valence-electron chi connectivity index (χ4n) is 8.24. The number of rotatable bonds is 4. The Labute approximate surface area is 290 Å². The number of nitrogens with zero attached hydrogens (tertiary/aromatic N) is 5. The van der Waals surface area contributed by atoms with E-state index in [0.29, 0.717) is 22.6 Å². The van der Waals surface area contributed by atoms with Crippen LogP contribution >= 0.6 is 0 Å². The van der Waals surface area contributed by atoms with E-state index >= 15 is 0 Å². The molecule has 0 N–H and O–H groups in total. The quantitative estimate of drug-likeness (QED) is 0.180. The van der Waals surface area contributed by atoms with Gasteiger partial charge in [0.15, 0.2) is 0 Å². The van der Waals surface area contributed by atoms with E-state index < -0.39 is 0 Å². The molecule has 2 heterocycles. The second-order valence-electron chi connectivity index (χ2n) is 13.0. The van der Waals surface area contributed by atoms with Crippen LogP contribution in [0.1, 0.15) is 41.0 Å². The van der Waals surface area contributed by atoms with Crippen LogP contribution in [0.4, 0.5) is 11.4 Å². The highest BCUT2D eigenvalue weighted by molar-refractivity contribution is 6.10. The van der Waals surface area contributed by atoms with E-state index in [1.165, 1.54) is 11.3 Å². The molecule has 2 atom stereocenters. The number of para-hydroxylation sites is 3. The maximum absolute atomic E-state index is 10.6. The number of benzene rings is 6. The van der Waals surface area contributed by atoms with Crippen LogP contribution in [0.5, 0.6) is 0 Å². The Bertz CT molecular complexity index is 2670. The monoisotopic (exact) mass is 639 g/mol. The molecule has 5 nitrogen and oxygen atoms in total. The van der Waals surface area contributed by atoms with Crippen molar-refractivity contribution in [2.45, 2.75) is 24.8 Å². The van der Waals surface area contributed by atoms with Gasteiger partial charge in [-0.25, -0.2) is 0 Å². The van der Waals surface area contributed by atoms with Crippen LogP contribution in [0, 0.1) is 34.0 Å². The van der Waals surface area contributed by atoms with E-state index in [0.717, 1.165) is 68.3 Å². The fourth-order valence-corrected chi connectivity index (χ4v) is 8.24. The maximum atomic E-state index is 10.6. The van der Waals surface area contributed by atoms with E-state index in [-0.39, 0.29) is 6.04 Å². The minimum atomic E-state index is 0.265. The van der Waals surface area contributed by atoms with E-state index in [2.05, 4.69) is 100 Å². The van der Waals surface area contributed by atoms with Crippen molar-refractivity contribution in [3.8, 4) is 46.1 Å². The van der Waals surface area contributed by atoms with Crippen LogP contribution < -0.4 is 4.90 Å². The van der Waals surface area contributed by atoms with Crippen LogP contribution in [0.25, 0.3) is 49.7 Å². The molecule has 234 valence electrons. The van der Waals surface area contributed by atoms with Crippen LogP contribution in [0.15, 0.2) is 140 Å². The van der Waals surface area contributed by atoms with E-state index in [1.807, 2.05) is 66.7 Å². The Morgan fingerprint density at radius 2 is 1.36 bits per heavy atom. The van der Waals surface area contributed by atoms with Gasteiger partial charge in [0.2, 0.25) is 0 Å². The van der Waals surface area contributed by atoms with E-state index in [4.69, 9.17) is 0 Å². The Hall–Kier alpha value is -6.87. The summed E-state index contributed by atoms with van der Waals surface area (Å²) in [6, 6.07) is 50.3. The molecule has 0 spiro atoms. The van der Waals surface area contributed by atoms with Crippen LogP contribution in [-0.2, 0) is 0 Å². The normalized spacial score (nSPS) is 16.1. The molecule has 0 saturated carbocycles. The van der Waals surface area contributed by atoms with Crippen LogP contribution in [-0.4, -0.2) is 10.6 Å². The summed E-state index contributed by atoms with van der Waals surface area (Å²) in [7, 11) is 0. The predicted octanol–water partition coefficient (Wildman–Crippen LogP) is 10.7. The van der Waals surface area contributed by atoms with Crippen LogP contribution in [0.2, 0.25) is 0 Å². The number of hydrogen-bond donors (Lipinski definition) is 0. The number of allylic oxidation sites excluding steroid dienone is 1. The molecule has 0 fully saturated rings. The van der Waals surface area contributed by atoms with Gasteiger partial charge in [0.05, 0.1) is 51.6 Å². The summed E-state index contributed by atoms with van der Waals surface area (Å²) in [5.41, 5.74) is 11.6. The molecule has 0 radical (unpaired) electrons. The van der Waals surface area contributed by atoms with Crippen molar-refractivity contribution in [1.29, 1.82) is 15.8 Å². The molecule has 0 saturated heterocycles. The largest absolute Gasteiger partial charge is 0.337 e. The van der Waals surface area contributed by atoms with Crippen molar-refractivity contribution in [1.82, 2.24) is 4.57 Å². The van der Waals surface area contributed by atoms with Crippen molar-refractivity contribution in [3.05, 3.63) is 162 Å². The highest BCUT2D eigenvalue weighted by Crippen LogP contribution is 2.50. The summed E-state index contributed by atoms with van der Waals surface area (Å²) < 4.78 is 2.23. The van der Waals surface area contributed by atoms with Crippen LogP contribution in [0.3, 0.4) is 0 Å². The highest BCUT2D eigenvalue weighted by atomic mass is 15.2. The van der Waals surface area contributed by atoms with Crippen molar-refractivity contribution in [3.63, 3.8) is 0 Å². The van der Waals surface area contributed by atoms with Gasteiger partial charge in [0.25, 0.3) is 0 Å².